The molecule has 2 heterocycles. The Balaban J connectivity index is 1.78. The molecule has 0 saturated carbocycles. The minimum atomic E-state index is -0.372. The summed E-state index contributed by atoms with van der Waals surface area (Å²) >= 11 is 0. The van der Waals surface area contributed by atoms with Gasteiger partial charge in [0.2, 0.25) is 0 Å². The van der Waals surface area contributed by atoms with Gasteiger partial charge in [-0.3, -0.25) is 9.48 Å². The third-order valence-electron chi connectivity index (χ3n) is 3.22. The van der Waals surface area contributed by atoms with E-state index in [1.165, 1.54) is 10.9 Å². The molecule has 0 unspecified atom stereocenters. The van der Waals surface area contributed by atoms with Gasteiger partial charge < -0.3 is 20.5 Å². The van der Waals surface area contributed by atoms with Crippen molar-refractivity contribution in [2.45, 2.75) is 6.29 Å². The van der Waals surface area contributed by atoms with Crippen molar-refractivity contribution in [3.05, 3.63) is 41.7 Å². The molecule has 1 aliphatic heterocycles. The molecule has 0 aliphatic carbocycles. The van der Waals surface area contributed by atoms with Crippen LogP contribution in [0.3, 0.4) is 0 Å². The number of nitrogens with two attached hydrogens (primary N) is 1. The number of ether oxygens (including phenoxy) is 2. The summed E-state index contributed by atoms with van der Waals surface area (Å²) in [5.41, 5.74) is 7.92. The van der Waals surface area contributed by atoms with Gasteiger partial charge in [0, 0.05) is 18.3 Å². The fourth-order valence-corrected chi connectivity index (χ4v) is 2.24. The number of carbonyl (C=O) groups is 1. The number of amides is 1. The van der Waals surface area contributed by atoms with E-state index >= 15 is 0 Å². The van der Waals surface area contributed by atoms with Crippen molar-refractivity contribution in [3.8, 4) is 0 Å². The molecule has 0 atom stereocenters. The summed E-state index contributed by atoms with van der Waals surface area (Å²) in [5, 5.41) is 6.75. The Morgan fingerprint density at radius 2 is 2.19 bits per heavy atom. The smallest absolute Gasteiger partial charge is 0.276 e. The molecule has 0 radical (unpaired) electrons. The molecule has 1 amide bonds. The average Bonchev–Trinajstić information content (AvgIpc) is 3.09. The predicted molar refractivity (Wildman–Crippen MR) is 76.7 cm³/mol. The Labute approximate surface area is 121 Å². The number of hydrogen-bond donors (Lipinski definition) is 2. The third kappa shape index (κ3) is 2.74. The molecule has 7 heteroatoms. The fourth-order valence-electron chi connectivity index (χ4n) is 2.24. The molecule has 1 aromatic heterocycles. The van der Waals surface area contributed by atoms with Crippen molar-refractivity contribution in [1.29, 1.82) is 0 Å². The molecule has 2 aromatic rings. The fraction of sp³-hybridized carbons (Fsp3) is 0.286. The van der Waals surface area contributed by atoms with E-state index < -0.39 is 0 Å². The van der Waals surface area contributed by atoms with E-state index in [0.29, 0.717) is 30.3 Å². The van der Waals surface area contributed by atoms with Gasteiger partial charge in [0.15, 0.2) is 6.29 Å². The highest BCUT2D eigenvalue weighted by Gasteiger charge is 2.19. The largest absolute Gasteiger partial charge is 0.396 e. The van der Waals surface area contributed by atoms with E-state index in [9.17, 15) is 4.79 Å². The summed E-state index contributed by atoms with van der Waals surface area (Å²) in [6.07, 6.45) is 1.08. The second-order valence-electron chi connectivity index (χ2n) is 4.73. The van der Waals surface area contributed by atoms with Crippen LogP contribution >= 0.6 is 0 Å². The molecule has 1 saturated heterocycles. The summed E-state index contributed by atoms with van der Waals surface area (Å²) < 4.78 is 12.3. The molecule has 7 nitrogen and oxygen atoms in total. The maximum absolute atomic E-state index is 12.2. The first-order valence-electron chi connectivity index (χ1n) is 6.57. The van der Waals surface area contributed by atoms with Crippen molar-refractivity contribution in [1.82, 2.24) is 9.78 Å². The summed E-state index contributed by atoms with van der Waals surface area (Å²) in [7, 11) is 1.67. The van der Waals surface area contributed by atoms with E-state index in [1.54, 1.807) is 13.1 Å². The van der Waals surface area contributed by atoms with Gasteiger partial charge in [0.1, 0.15) is 5.69 Å². The van der Waals surface area contributed by atoms with Gasteiger partial charge in [-0.1, -0.05) is 12.1 Å². The minimum absolute atomic E-state index is 0.307. The Morgan fingerprint density at radius 3 is 2.86 bits per heavy atom. The van der Waals surface area contributed by atoms with Gasteiger partial charge in [-0.15, -0.1) is 0 Å². The van der Waals surface area contributed by atoms with Crippen molar-refractivity contribution in [3.63, 3.8) is 0 Å². The molecule has 110 valence electrons. The van der Waals surface area contributed by atoms with E-state index in [0.717, 1.165) is 5.56 Å². The number of hydrogen-bond acceptors (Lipinski definition) is 5. The predicted octanol–water partition coefficient (Wildman–Crippen LogP) is 1.30. The molecule has 1 fully saturated rings. The van der Waals surface area contributed by atoms with Gasteiger partial charge in [-0.2, -0.15) is 5.10 Å². The number of nitrogen functional groups attached to an aromatic ring is 1. The second-order valence-corrected chi connectivity index (χ2v) is 4.73. The zero-order valence-electron chi connectivity index (χ0n) is 11.6. The summed E-state index contributed by atoms with van der Waals surface area (Å²) in [5.74, 6) is -0.307. The number of rotatable bonds is 3. The molecule has 3 N–H and O–H groups in total. The Bertz CT molecular complexity index is 642. The number of anilines is 2. The highest BCUT2D eigenvalue weighted by atomic mass is 16.7. The van der Waals surface area contributed by atoms with Gasteiger partial charge in [-0.05, 0) is 12.1 Å². The van der Waals surface area contributed by atoms with Crippen molar-refractivity contribution >= 4 is 17.3 Å². The van der Waals surface area contributed by atoms with Crippen LogP contribution in [0.25, 0.3) is 0 Å². The van der Waals surface area contributed by atoms with Crippen LogP contribution in [0.1, 0.15) is 22.3 Å². The van der Waals surface area contributed by atoms with Crippen LogP contribution in [0.15, 0.2) is 30.5 Å². The highest BCUT2D eigenvalue weighted by Crippen LogP contribution is 2.25. The van der Waals surface area contributed by atoms with Gasteiger partial charge in [-0.25, -0.2) is 0 Å². The molecular weight excluding hydrogens is 272 g/mol. The summed E-state index contributed by atoms with van der Waals surface area (Å²) in [4.78, 5) is 12.2. The first kappa shape index (κ1) is 13.6. The highest BCUT2D eigenvalue weighted by molar-refractivity contribution is 6.06. The molecule has 0 bridgehead atoms. The Morgan fingerprint density at radius 1 is 1.43 bits per heavy atom. The first-order chi connectivity index (χ1) is 10.1. The average molecular weight is 288 g/mol. The standard InChI is InChI=1S/C14H16N4O3/c1-18-12(11(15)8-16-18)13(19)17-10-4-2-3-9(7-10)14-20-5-6-21-14/h2-4,7-8,14H,5-6,15H2,1H3,(H,17,19). The molecule has 0 spiro atoms. The summed E-state index contributed by atoms with van der Waals surface area (Å²) in [6, 6.07) is 7.34. The van der Waals surface area contributed by atoms with Crippen molar-refractivity contribution in [2.24, 2.45) is 7.05 Å². The van der Waals surface area contributed by atoms with E-state index in [2.05, 4.69) is 10.4 Å². The number of carbonyl (C=O) groups excluding carboxylic acids is 1. The molecule has 1 aromatic carbocycles. The lowest BCUT2D eigenvalue weighted by atomic mass is 10.2. The van der Waals surface area contributed by atoms with Gasteiger partial charge >= 0.3 is 0 Å². The summed E-state index contributed by atoms with van der Waals surface area (Å²) in [6.45, 7) is 1.15. The third-order valence-corrected chi connectivity index (χ3v) is 3.22. The van der Waals surface area contributed by atoms with E-state index in [1.807, 2.05) is 18.2 Å². The first-order valence-corrected chi connectivity index (χ1v) is 6.57. The van der Waals surface area contributed by atoms with Crippen molar-refractivity contribution in [2.75, 3.05) is 24.3 Å². The maximum atomic E-state index is 12.2. The Kier molecular flexibility index (Phi) is 3.59. The molecular formula is C14H16N4O3. The number of aromatic nitrogens is 2. The normalized spacial score (nSPS) is 15.3. The lowest BCUT2D eigenvalue weighted by Crippen LogP contribution is -2.17. The monoisotopic (exact) mass is 288 g/mol. The molecule has 3 rings (SSSR count). The van der Waals surface area contributed by atoms with Crippen LogP contribution in [0.5, 0.6) is 0 Å². The topological polar surface area (TPSA) is 91.4 Å². The Hall–Kier alpha value is -2.38. The van der Waals surface area contributed by atoms with Crippen LogP contribution in [0.4, 0.5) is 11.4 Å². The van der Waals surface area contributed by atoms with Crippen LogP contribution in [-0.4, -0.2) is 28.9 Å². The molecule has 1 aliphatic rings. The van der Waals surface area contributed by atoms with E-state index in [-0.39, 0.29) is 12.2 Å². The second kappa shape index (κ2) is 5.55. The number of aryl methyl sites for hydroxylation is 1. The number of benzene rings is 1. The van der Waals surface area contributed by atoms with Crippen LogP contribution in [0.2, 0.25) is 0 Å². The molecule has 21 heavy (non-hydrogen) atoms. The number of nitrogens with one attached hydrogen (secondary N) is 1. The van der Waals surface area contributed by atoms with Crippen molar-refractivity contribution < 1.29 is 14.3 Å². The quantitative estimate of drug-likeness (QED) is 0.888. The van der Waals surface area contributed by atoms with Crippen LogP contribution < -0.4 is 11.1 Å². The lowest BCUT2D eigenvalue weighted by molar-refractivity contribution is -0.0440. The zero-order chi connectivity index (χ0) is 14.8. The van der Waals surface area contributed by atoms with Crippen LogP contribution in [0, 0.1) is 0 Å². The van der Waals surface area contributed by atoms with E-state index in [4.69, 9.17) is 15.2 Å². The van der Waals surface area contributed by atoms with Crippen LogP contribution in [-0.2, 0) is 16.5 Å². The maximum Gasteiger partial charge on any atom is 0.276 e. The lowest BCUT2D eigenvalue weighted by Gasteiger charge is -2.12. The number of nitrogens with zero attached hydrogens (tertiary/aromatic N) is 2. The minimum Gasteiger partial charge on any atom is -0.396 e. The zero-order valence-corrected chi connectivity index (χ0v) is 11.6. The van der Waals surface area contributed by atoms with Gasteiger partial charge in [0.25, 0.3) is 5.91 Å². The SMILES string of the molecule is Cn1ncc(N)c1C(=O)Nc1cccc(C2OCCO2)c1. The van der Waals surface area contributed by atoms with Gasteiger partial charge in [0.05, 0.1) is 25.1 Å².